The second-order valence-corrected chi connectivity index (χ2v) is 17.8. The average Bonchev–Trinajstić information content (AvgIpc) is 4.11. The molecule has 4 nitrogen and oxygen atoms in total. The Labute approximate surface area is 395 Å². The molecule has 4 heterocycles. The van der Waals surface area contributed by atoms with E-state index in [9.17, 15) is 0 Å². The molecule has 0 unspecified atom stereocenters. The van der Waals surface area contributed by atoms with Crippen LogP contribution in [-0.2, 0) is 6.18 Å². The van der Waals surface area contributed by atoms with Gasteiger partial charge in [0, 0.05) is 66.1 Å². The molecule has 9 heteroatoms. The molecule has 0 fully saturated rings. The molecular formula is C61H35F5N4. The Bertz CT molecular complexity index is 4460. The van der Waals surface area contributed by atoms with Gasteiger partial charge in [0.25, 0.3) is 0 Å². The number of aromatic nitrogens is 4. The van der Waals surface area contributed by atoms with E-state index in [-0.39, 0.29) is 22.5 Å². The highest BCUT2D eigenvalue weighted by atomic mass is 19.4. The number of hydrogen-bond donors (Lipinski definition) is 0. The van der Waals surface area contributed by atoms with Gasteiger partial charge in [-0.2, -0.15) is 13.2 Å². The van der Waals surface area contributed by atoms with Crippen molar-refractivity contribution in [2.24, 2.45) is 0 Å². The number of hydrogen-bond acceptors (Lipinski definition) is 0. The second kappa shape index (κ2) is 14.8. The van der Waals surface area contributed by atoms with Crippen molar-refractivity contribution < 1.29 is 22.0 Å². The summed E-state index contributed by atoms with van der Waals surface area (Å²) in [7, 11) is 0. The fraction of sp³-hybridized carbons (Fsp3) is 0.0164. The summed E-state index contributed by atoms with van der Waals surface area (Å²) in [6.07, 6.45) is -5.05. The third-order valence-corrected chi connectivity index (χ3v) is 14.0. The third-order valence-electron chi connectivity index (χ3n) is 14.0. The number of halogens is 5. The summed E-state index contributed by atoms with van der Waals surface area (Å²) in [4.78, 5) is 0. The van der Waals surface area contributed by atoms with Gasteiger partial charge < -0.3 is 18.3 Å². The van der Waals surface area contributed by atoms with Crippen LogP contribution in [0.3, 0.4) is 0 Å². The summed E-state index contributed by atoms with van der Waals surface area (Å²) >= 11 is 0. The first-order valence-corrected chi connectivity index (χ1v) is 23.0. The minimum absolute atomic E-state index is 0.000756. The normalized spacial score (nSPS) is 12.4. The molecule has 0 spiro atoms. The Hall–Kier alpha value is -8.95. The van der Waals surface area contributed by atoms with Gasteiger partial charge in [0.1, 0.15) is 17.2 Å². The van der Waals surface area contributed by atoms with E-state index >= 15 is 22.0 Å². The quantitative estimate of drug-likeness (QED) is 0.153. The Morgan fingerprint density at radius 3 is 1.10 bits per heavy atom. The predicted octanol–water partition coefficient (Wildman–Crippen LogP) is 17.0. The van der Waals surface area contributed by atoms with Gasteiger partial charge in [-0.15, -0.1) is 0 Å². The van der Waals surface area contributed by atoms with E-state index in [2.05, 4.69) is 15.2 Å². The molecule has 0 aliphatic heterocycles. The Kier molecular flexibility index (Phi) is 8.47. The molecule has 14 rings (SSSR count). The molecule has 4 aromatic heterocycles. The minimum Gasteiger partial charge on any atom is -0.307 e. The zero-order valence-corrected chi connectivity index (χ0v) is 36.9. The van der Waals surface area contributed by atoms with E-state index in [0.29, 0.717) is 38.4 Å². The average molecular weight is 919 g/mol. The van der Waals surface area contributed by atoms with Crippen LogP contribution in [0.4, 0.5) is 22.0 Å². The Morgan fingerprint density at radius 1 is 0.314 bits per heavy atom. The van der Waals surface area contributed by atoms with E-state index in [0.717, 1.165) is 78.4 Å². The molecule has 0 saturated carbocycles. The van der Waals surface area contributed by atoms with Gasteiger partial charge in [0.2, 0.25) is 0 Å². The van der Waals surface area contributed by atoms with Crippen molar-refractivity contribution in [2.75, 3.05) is 0 Å². The number of para-hydroxylation sites is 6. The number of rotatable bonds is 5. The van der Waals surface area contributed by atoms with Gasteiger partial charge in [-0.3, -0.25) is 0 Å². The predicted molar refractivity (Wildman–Crippen MR) is 274 cm³/mol. The van der Waals surface area contributed by atoms with Crippen LogP contribution in [-0.4, -0.2) is 18.3 Å². The monoisotopic (exact) mass is 918 g/mol. The molecule has 0 atom stereocenters. The van der Waals surface area contributed by atoms with Crippen LogP contribution in [0.5, 0.6) is 0 Å². The zero-order chi connectivity index (χ0) is 47.0. The second-order valence-electron chi connectivity index (χ2n) is 17.8. The molecule has 0 aliphatic carbocycles. The fourth-order valence-electron chi connectivity index (χ4n) is 11.4. The van der Waals surface area contributed by atoms with Crippen LogP contribution >= 0.6 is 0 Å². The van der Waals surface area contributed by atoms with Gasteiger partial charge in [-0.25, -0.2) is 8.78 Å². The van der Waals surface area contributed by atoms with Crippen LogP contribution in [0.15, 0.2) is 212 Å². The van der Waals surface area contributed by atoms with Gasteiger partial charge in [0.05, 0.1) is 55.5 Å². The number of alkyl halides is 3. The van der Waals surface area contributed by atoms with Crippen LogP contribution < -0.4 is 0 Å². The van der Waals surface area contributed by atoms with E-state index in [1.54, 1.807) is 15.2 Å². The first-order chi connectivity index (χ1) is 34.2. The molecule has 0 N–H and O–H groups in total. The lowest BCUT2D eigenvalue weighted by Crippen LogP contribution is -2.17. The standard InChI is InChI=1S/C61H35F5N4/c62-37-33-36(34-38(63)35-37)41-31-32-54(69-52-25-13-9-21-44(52)48-29-27-46-42-19-7-11-23-50(42)67(57(46)59(48)69)39-15-3-1-4-16-39)55(61(64,65)66)56(41)70-53-26-14-10-22-45(53)49-30-28-47-43-20-8-12-24-51(43)68(58(47)60(49)70)40-17-5-2-6-18-40/h1-35H. The SMILES string of the molecule is Fc1cc(F)cc(-c2ccc(-n3c4ccccc4c4ccc5c6ccccc6n(-c6ccccc6)c5c43)c(C(F)(F)F)c2-n2c3ccccc3c3ccc4c5ccccc5n(-c5ccccc5)c4c32)c1. The van der Waals surface area contributed by atoms with Crippen LogP contribution in [0.2, 0.25) is 0 Å². The first kappa shape index (κ1) is 40.1. The van der Waals surface area contributed by atoms with Crippen molar-refractivity contribution in [2.45, 2.75) is 6.18 Å². The van der Waals surface area contributed by atoms with Gasteiger partial charge in [-0.05, 0) is 72.3 Å². The lowest BCUT2D eigenvalue weighted by molar-refractivity contribution is -0.137. The molecular weight excluding hydrogens is 884 g/mol. The molecule has 14 aromatic rings. The molecule has 334 valence electrons. The molecule has 0 bridgehead atoms. The third kappa shape index (κ3) is 5.63. The highest BCUT2D eigenvalue weighted by Gasteiger charge is 2.41. The van der Waals surface area contributed by atoms with Crippen LogP contribution in [0.1, 0.15) is 5.56 Å². The summed E-state index contributed by atoms with van der Waals surface area (Å²) in [5.41, 5.74) is 5.56. The maximum atomic E-state index is 17.4. The maximum absolute atomic E-state index is 17.4. The number of fused-ring (bicyclic) bond motifs is 14. The van der Waals surface area contributed by atoms with Crippen LogP contribution in [0.25, 0.3) is 121 Å². The fourth-order valence-corrected chi connectivity index (χ4v) is 11.4. The smallest absolute Gasteiger partial charge is 0.307 e. The number of nitrogens with zero attached hydrogens (tertiary/aromatic N) is 4. The summed E-state index contributed by atoms with van der Waals surface area (Å²) in [5, 5.41) is 6.52. The summed E-state index contributed by atoms with van der Waals surface area (Å²) in [5.74, 6) is -1.82. The van der Waals surface area contributed by atoms with Gasteiger partial charge in [-0.1, -0.05) is 140 Å². The summed E-state index contributed by atoms with van der Waals surface area (Å²) < 4.78 is 91.1. The Morgan fingerprint density at radius 2 is 0.671 bits per heavy atom. The van der Waals surface area contributed by atoms with Crippen molar-refractivity contribution in [1.82, 2.24) is 18.3 Å². The van der Waals surface area contributed by atoms with E-state index in [4.69, 9.17) is 0 Å². The molecule has 0 saturated heterocycles. The number of benzene rings is 10. The zero-order valence-electron chi connectivity index (χ0n) is 36.9. The summed E-state index contributed by atoms with van der Waals surface area (Å²) in [6, 6.07) is 64.6. The van der Waals surface area contributed by atoms with Crippen molar-refractivity contribution in [1.29, 1.82) is 0 Å². The van der Waals surface area contributed by atoms with E-state index in [1.165, 1.54) is 6.07 Å². The van der Waals surface area contributed by atoms with E-state index < -0.39 is 23.4 Å². The van der Waals surface area contributed by atoms with Crippen molar-refractivity contribution in [3.05, 3.63) is 230 Å². The van der Waals surface area contributed by atoms with Gasteiger partial charge in [0.15, 0.2) is 0 Å². The lowest BCUT2D eigenvalue weighted by atomic mass is 9.96. The molecule has 0 radical (unpaired) electrons. The minimum atomic E-state index is -5.05. The van der Waals surface area contributed by atoms with E-state index in [1.807, 2.05) is 176 Å². The summed E-state index contributed by atoms with van der Waals surface area (Å²) in [6.45, 7) is 0. The first-order valence-electron chi connectivity index (χ1n) is 23.0. The highest BCUT2D eigenvalue weighted by Crippen LogP contribution is 2.51. The van der Waals surface area contributed by atoms with Crippen molar-refractivity contribution in [3.8, 4) is 33.9 Å². The molecule has 0 amide bonds. The topological polar surface area (TPSA) is 19.7 Å². The molecule has 70 heavy (non-hydrogen) atoms. The molecule has 10 aromatic carbocycles. The molecule has 0 aliphatic rings. The maximum Gasteiger partial charge on any atom is 0.420 e. The highest BCUT2D eigenvalue weighted by molar-refractivity contribution is 6.26. The lowest BCUT2D eigenvalue weighted by Gasteiger charge is -2.25. The van der Waals surface area contributed by atoms with Crippen LogP contribution in [0, 0.1) is 11.6 Å². The largest absolute Gasteiger partial charge is 0.420 e. The Balaban J connectivity index is 1.24. The van der Waals surface area contributed by atoms with Gasteiger partial charge >= 0.3 is 6.18 Å². The van der Waals surface area contributed by atoms with Crippen molar-refractivity contribution in [3.63, 3.8) is 0 Å². The van der Waals surface area contributed by atoms with Crippen molar-refractivity contribution >= 4 is 87.2 Å².